The largest absolute Gasteiger partial charge is 0.488 e. The van der Waals surface area contributed by atoms with Crippen molar-refractivity contribution in [3.05, 3.63) is 95.6 Å². The highest BCUT2D eigenvalue weighted by molar-refractivity contribution is 5.38. The number of hydrogen-bond acceptors (Lipinski definition) is 3. The van der Waals surface area contributed by atoms with E-state index in [9.17, 15) is 4.39 Å². The molecule has 2 N–H and O–H groups in total. The molecular weight excluding hydrogens is 327 g/mol. The zero-order chi connectivity index (χ0) is 18.0. The Bertz CT molecular complexity index is 882. The molecule has 0 saturated carbocycles. The molecule has 3 nitrogen and oxygen atoms in total. The zero-order valence-corrected chi connectivity index (χ0v) is 14.4. The Labute approximate surface area is 152 Å². The lowest BCUT2D eigenvalue weighted by molar-refractivity contribution is 0.0853. The van der Waals surface area contributed by atoms with E-state index in [1.165, 1.54) is 17.7 Å². The van der Waals surface area contributed by atoms with E-state index in [-0.39, 0.29) is 11.9 Å². The highest BCUT2D eigenvalue weighted by Gasteiger charge is 2.40. The van der Waals surface area contributed by atoms with Gasteiger partial charge in [0.15, 0.2) is 0 Å². The molecule has 2 heterocycles. The summed E-state index contributed by atoms with van der Waals surface area (Å²) in [6.07, 6.45) is 5.65. The summed E-state index contributed by atoms with van der Waals surface area (Å²) < 4.78 is 19.8. The third-order valence-corrected chi connectivity index (χ3v) is 5.09. The van der Waals surface area contributed by atoms with Gasteiger partial charge in [0.25, 0.3) is 0 Å². The number of halogens is 1. The molecule has 26 heavy (non-hydrogen) atoms. The van der Waals surface area contributed by atoms with Crippen molar-refractivity contribution < 1.29 is 9.13 Å². The van der Waals surface area contributed by atoms with Gasteiger partial charge in [-0.25, -0.2) is 4.39 Å². The highest BCUT2D eigenvalue weighted by Crippen LogP contribution is 2.37. The minimum absolute atomic E-state index is 0.205. The summed E-state index contributed by atoms with van der Waals surface area (Å²) in [5, 5.41) is 0. The molecule has 132 valence electrons. The average molecular weight is 348 g/mol. The van der Waals surface area contributed by atoms with E-state index in [1.807, 2.05) is 36.5 Å². The Morgan fingerprint density at radius 3 is 2.65 bits per heavy atom. The van der Waals surface area contributed by atoms with Crippen LogP contribution in [0, 0.1) is 5.82 Å². The Morgan fingerprint density at radius 2 is 1.88 bits per heavy atom. The molecular formula is C22H21FN2O. The van der Waals surface area contributed by atoms with Crippen molar-refractivity contribution in [1.29, 1.82) is 0 Å². The second-order valence-electron chi connectivity index (χ2n) is 6.84. The van der Waals surface area contributed by atoms with Crippen molar-refractivity contribution >= 4 is 0 Å². The van der Waals surface area contributed by atoms with Gasteiger partial charge in [-0.05, 0) is 60.2 Å². The maximum Gasteiger partial charge on any atom is 0.123 e. The summed E-state index contributed by atoms with van der Waals surface area (Å²) in [7, 11) is 0. The van der Waals surface area contributed by atoms with Crippen LogP contribution in [0.1, 0.15) is 23.1 Å². The molecule has 0 amide bonds. The van der Waals surface area contributed by atoms with Gasteiger partial charge in [0, 0.05) is 12.4 Å². The number of pyridine rings is 1. The van der Waals surface area contributed by atoms with Crippen LogP contribution in [-0.4, -0.2) is 11.1 Å². The fraction of sp³-hybridized carbons (Fsp3) is 0.227. The number of aryl methyl sites for hydroxylation is 1. The SMILES string of the molecule is NC(Cc1cccnc1)(c1ccc(F)cc1)[C@H]1CCc2ccccc2O1. The lowest BCUT2D eigenvalue weighted by Crippen LogP contribution is -2.53. The summed E-state index contributed by atoms with van der Waals surface area (Å²) in [6, 6.07) is 18.4. The van der Waals surface area contributed by atoms with Gasteiger partial charge in [-0.3, -0.25) is 4.98 Å². The van der Waals surface area contributed by atoms with Crippen LogP contribution in [0.5, 0.6) is 5.75 Å². The third kappa shape index (κ3) is 3.20. The van der Waals surface area contributed by atoms with Gasteiger partial charge >= 0.3 is 0 Å². The lowest BCUT2D eigenvalue weighted by atomic mass is 9.77. The summed E-state index contributed by atoms with van der Waals surface area (Å²) in [6.45, 7) is 0. The Balaban J connectivity index is 1.72. The van der Waals surface area contributed by atoms with E-state index in [0.29, 0.717) is 6.42 Å². The van der Waals surface area contributed by atoms with E-state index in [0.717, 1.165) is 29.7 Å². The zero-order valence-electron chi connectivity index (χ0n) is 14.4. The molecule has 1 aromatic heterocycles. The molecule has 1 aliphatic heterocycles. The second kappa shape index (κ2) is 6.89. The second-order valence-corrected chi connectivity index (χ2v) is 6.84. The molecule has 0 fully saturated rings. The number of aromatic nitrogens is 1. The fourth-order valence-electron chi connectivity index (χ4n) is 3.69. The number of para-hydroxylation sites is 1. The summed E-state index contributed by atoms with van der Waals surface area (Å²) in [5.74, 6) is 0.610. The molecule has 2 atom stereocenters. The van der Waals surface area contributed by atoms with Gasteiger partial charge in [0.05, 0.1) is 5.54 Å². The van der Waals surface area contributed by atoms with Crippen molar-refractivity contribution in [3.63, 3.8) is 0 Å². The third-order valence-electron chi connectivity index (χ3n) is 5.09. The van der Waals surface area contributed by atoms with Crippen LogP contribution in [0.3, 0.4) is 0 Å². The van der Waals surface area contributed by atoms with Crippen LogP contribution in [0.25, 0.3) is 0 Å². The van der Waals surface area contributed by atoms with E-state index < -0.39 is 5.54 Å². The van der Waals surface area contributed by atoms with Crippen LogP contribution in [0.4, 0.5) is 4.39 Å². The van der Waals surface area contributed by atoms with Crippen molar-refractivity contribution in [2.45, 2.75) is 30.9 Å². The van der Waals surface area contributed by atoms with Gasteiger partial charge in [0.1, 0.15) is 17.7 Å². The summed E-state index contributed by atoms with van der Waals surface area (Å²) in [5.41, 5.74) is 9.28. The number of benzene rings is 2. The molecule has 4 heteroatoms. The lowest BCUT2D eigenvalue weighted by Gasteiger charge is -2.40. The monoisotopic (exact) mass is 348 g/mol. The Morgan fingerprint density at radius 1 is 1.08 bits per heavy atom. The average Bonchev–Trinajstić information content (AvgIpc) is 2.69. The Hall–Kier alpha value is -2.72. The number of hydrogen-bond donors (Lipinski definition) is 1. The van der Waals surface area contributed by atoms with Crippen LogP contribution in [0.2, 0.25) is 0 Å². The van der Waals surface area contributed by atoms with Crippen LogP contribution < -0.4 is 10.5 Å². The molecule has 1 unspecified atom stereocenters. The van der Waals surface area contributed by atoms with E-state index in [4.69, 9.17) is 10.5 Å². The molecule has 4 rings (SSSR count). The van der Waals surface area contributed by atoms with E-state index in [1.54, 1.807) is 18.3 Å². The number of nitrogens with two attached hydrogens (primary N) is 1. The molecule has 0 saturated heterocycles. The van der Waals surface area contributed by atoms with Crippen LogP contribution in [-0.2, 0) is 18.4 Å². The van der Waals surface area contributed by atoms with Crippen molar-refractivity contribution in [3.8, 4) is 5.75 Å². The van der Waals surface area contributed by atoms with E-state index in [2.05, 4.69) is 11.1 Å². The normalized spacial score (nSPS) is 18.5. The molecule has 1 aliphatic rings. The number of rotatable bonds is 4. The molecule has 0 radical (unpaired) electrons. The van der Waals surface area contributed by atoms with E-state index >= 15 is 0 Å². The first-order valence-corrected chi connectivity index (χ1v) is 8.83. The van der Waals surface area contributed by atoms with Gasteiger partial charge in [-0.2, -0.15) is 0 Å². The molecule has 3 aromatic rings. The molecule has 0 bridgehead atoms. The van der Waals surface area contributed by atoms with Crippen LogP contribution in [0.15, 0.2) is 73.1 Å². The van der Waals surface area contributed by atoms with Crippen molar-refractivity contribution in [2.24, 2.45) is 5.73 Å². The standard InChI is InChI=1S/C22H21FN2O/c23-19-10-8-18(9-11-19)22(24,14-16-4-3-13-25-15-16)21-12-7-17-5-1-2-6-20(17)26-21/h1-6,8-11,13,15,21H,7,12,14,24H2/t21-,22?/m1/s1. The topological polar surface area (TPSA) is 48.1 Å². The Kier molecular flexibility index (Phi) is 4.43. The molecule has 2 aromatic carbocycles. The quantitative estimate of drug-likeness (QED) is 0.775. The molecule has 0 spiro atoms. The summed E-state index contributed by atoms with van der Waals surface area (Å²) in [4.78, 5) is 4.20. The maximum absolute atomic E-state index is 13.5. The van der Waals surface area contributed by atoms with Crippen molar-refractivity contribution in [1.82, 2.24) is 4.98 Å². The maximum atomic E-state index is 13.5. The minimum atomic E-state index is -0.774. The number of ether oxygens (including phenoxy) is 1. The van der Waals surface area contributed by atoms with Gasteiger partial charge in [-0.1, -0.05) is 36.4 Å². The smallest absolute Gasteiger partial charge is 0.123 e. The van der Waals surface area contributed by atoms with Crippen LogP contribution >= 0.6 is 0 Å². The first-order chi connectivity index (χ1) is 12.6. The van der Waals surface area contributed by atoms with Gasteiger partial charge < -0.3 is 10.5 Å². The predicted molar refractivity (Wildman–Crippen MR) is 99.4 cm³/mol. The minimum Gasteiger partial charge on any atom is -0.488 e. The summed E-state index contributed by atoms with van der Waals surface area (Å²) >= 11 is 0. The first kappa shape index (κ1) is 16.7. The predicted octanol–water partition coefficient (Wildman–Crippen LogP) is 4.01. The number of fused-ring (bicyclic) bond motifs is 1. The first-order valence-electron chi connectivity index (χ1n) is 8.83. The number of nitrogens with zero attached hydrogens (tertiary/aromatic N) is 1. The fourth-order valence-corrected chi connectivity index (χ4v) is 3.69. The molecule has 0 aliphatic carbocycles. The van der Waals surface area contributed by atoms with Gasteiger partial charge in [0.2, 0.25) is 0 Å². The van der Waals surface area contributed by atoms with Gasteiger partial charge in [-0.15, -0.1) is 0 Å². The van der Waals surface area contributed by atoms with Crippen molar-refractivity contribution in [2.75, 3.05) is 0 Å². The highest BCUT2D eigenvalue weighted by atomic mass is 19.1.